The average molecular weight is 385 g/mol. The van der Waals surface area contributed by atoms with E-state index in [1.54, 1.807) is 0 Å². The molecule has 2 nitrogen and oxygen atoms in total. The molecule has 1 aliphatic carbocycles. The van der Waals surface area contributed by atoms with E-state index in [1.165, 1.54) is 47.9 Å². The molecule has 26 heavy (non-hydrogen) atoms. The van der Waals surface area contributed by atoms with Crippen LogP contribution in [0.25, 0.3) is 0 Å². The van der Waals surface area contributed by atoms with Gasteiger partial charge in [-0.15, -0.1) is 0 Å². The Morgan fingerprint density at radius 1 is 1.04 bits per heavy atom. The Morgan fingerprint density at radius 3 is 2.38 bits per heavy atom. The minimum atomic E-state index is -0.0404. The Balaban J connectivity index is 1.80. The van der Waals surface area contributed by atoms with Crippen LogP contribution in [0.2, 0.25) is 10.4 Å². The van der Waals surface area contributed by atoms with Crippen LogP contribution in [0.4, 0.5) is 0 Å². The fourth-order valence-corrected chi connectivity index (χ4v) is 4.63. The summed E-state index contributed by atoms with van der Waals surface area (Å²) in [6, 6.07) is 17.2. The van der Waals surface area contributed by atoms with Crippen molar-refractivity contribution in [3.05, 3.63) is 87.4 Å². The maximum absolute atomic E-state index is 6.39. The predicted molar refractivity (Wildman–Crippen MR) is 108 cm³/mol. The van der Waals surface area contributed by atoms with Crippen molar-refractivity contribution in [3.8, 4) is 0 Å². The van der Waals surface area contributed by atoms with Gasteiger partial charge in [0.05, 0.1) is 6.04 Å². The molecule has 0 N–H and O–H groups in total. The Hall–Kier alpha value is -1.77. The third-order valence-corrected chi connectivity index (χ3v) is 5.93. The quantitative estimate of drug-likeness (QED) is 0.483. The van der Waals surface area contributed by atoms with Crippen LogP contribution < -0.4 is 0 Å². The summed E-state index contributed by atoms with van der Waals surface area (Å²) in [7, 11) is 0. The maximum atomic E-state index is 6.39. The van der Waals surface area contributed by atoms with E-state index in [0.717, 1.165) is 0 Å². The number of rotatable bonds is 4. The Kier molecular flexibility index (Phi) is 5.06. The standard InChI is InChI=1S/C22H22Cl2N2/c1-15-13-18(16-7-5-6-8-16)11-12-19(15)21(17-9-3-2-4-10-17)26-14-20(23)25-22(26)24/h2-4,9-14,16,21H,5-8H2,1H3. The lowest BCUT2D eigenvalue weighted by molar-refractivity contribution is 0.670. The third-order valence-electron chi connectivity index (χ3n) is 5.47. The van der Waals surface area contributed by atoms with Crippen molar-refractivity contribution in [1.82, 2.24) is 9.55 Å². The lowest BCUT2D eigenvalue weighted by Gasteiger charge is -2.23. The predicted octanol–water partition coefficient (Wildman–Crippen LogP) is 6.79. The van der Waals surface area contributed by atoms with Crippen molar-refractivity contribution in [2.24, 2.45) is 0 Å². The largest absolute Gasteiger partial charge is 0.309 e. The van der Waals surface area contributed by atoms with Gasteiger partial charge in [-0.1, -0.05) is 73.0 Å². The van der Waals surface area contributed by atoms with Crippen LogP contribution in [-0.2, 0) is 0 Å². The van der Waals surface area contributed by atoms with E-state index in [9.17, 15) is 0 Å². The number of imidazole rings is 1. The molecule has 1 unspecified atom stereocenters. The molecule has 0 bridgehead atoms. The summed E-state index contributed by atoms with van der Waals surface area (Å²) in [5, 5.41) is 0.819. The van der Waals surface area contributed by atoms with Gasteiger partial charge in [-0.3, -0.25) is 0 Å². The zero-order chi connectivity index (χ0) is 18.1. The van der Waals surface area contributed by atoms with Crippen molar-refractivity contribution in [2.45, 2.75) is 44.6 Å². The highest BCUT2D eigenvalue weighted by molar-refractivity contribution is 6.32. The summed E-state index contributed by atoms with van der Waals surface area (Å²) in [5.41, 5.74) is 5.14. The molecular weight excluding hydrogens is 363 g/mol. The van der Waals surface area contributed by atoms with Crippen LogP contribution in [0.5, 0.6) is 0 Å². The van der Waals surface area contributed by atoms with Crippen LogP contribution in [0, 0.1) is 6.92 Å². The molecule has 0 amide bonds. The van der Waals surface area contributed by atoms with Crippen LogP contribution in [0.1, 0.15) is 59.9 Å². The van der Waals surface area contributed by atoms with E-state index in [4.69, 9.17) is 23.2 Å². The molecule has 134 valence electrons. The van der Waals surface area contributed by atoms with E-state index in [1.807, 2.05) is 16.8 Å². The summed E-state index contributed by atoms with van der Waals surface area (Å²) < 4.78 is 1.96. The first kappa shape index (κ1) is 17.6. The highest BCUT2D eigenvalue weighted by atomic mass is 35.5. The molecule has 1 atom stereocenters. The van der Waals surface area contributed by atoms with Crippen LogP contribution in [0.15, 0.2) is 54.7 Å². The fraction of sp³-hybridized carbons (Fsp3) is 0.318. The number of nitrogens with zero attached hydrogens (tertiary/aromatic N) is 2. The van der Waals surface area contributed by atoms with Gasteiger partial charge in [0.1, 0.15) is 5.15 Å². The van der Waals surface area contributed by atoms with Crippen LogP contribution >= 0.6 is 23.2 Å². The lowest BCUT2D eigenvalue weighted by Crippen LogP contribution is -2.13. The van der Waals surface area contributed by atoms with Gasteiger partial charge in [-0.05, 0) is 59.5 Å². The summed E-state index contributed by atoms with van der Waals surface area (Å²) in [5.74, 6) is 0.712. The van der Waals surface area contributed by atoms with E-state index >= 15 is 0 Å². The van der Waals surface area contributed by atoms with Gasteiger partial charge in [0.25, 0.3) is 0 Å². The smallest absolute Gasteiger partial charge is 0.205 e. The van der Waals surface area contributed by atoms with Crippen molar-refractivity contribution in [3.63, 3.8) is 0 Å². The zero-order valence-corrected chi connectivity index (χ0v) is 16.3. The number of halogens is 2. The van der Waals surface area contributed by atoms with Crippen molar-refractivity contribution in [2.75, 3.05) is 0 Å². The normalized spacial score (nSPS) is 16.1. The summed E-state index contributed by atoms with van der Waals surface area (Å²) in [6.45, 7) is 2.19. The lowest BCUT2D eigenvalue weighted by atomic mass is 9.89. The molecule has 0 spiro atoms. The summed E-state index contributed by atoms with van der Waals surface area (Å²) >= 11 is 12.5. The number of hydrogen-bond acceptors (Lipinski definition) is 1. The highest BCUT2D eigenvalue weighted by Crippen LogP contribution is 2.37. The van der Waals surface area contributed by atoms with Crippen LogP contribution in [-0.4, -0.2) is 9.55 Å². The number of aryl methyl sites for hydroxylation is 1. The van der Waals surface area contributed by atoms with Gasteiger partial charge in [-0.2, -0.15) is 0 Å². The fourth-order valence-electron chi connectivity index (χ4n) is 4.17. The first-order chi connectivity index (χ1) is 12.6. The van der Waals surface area contributed by atoms with Crippen LogP contribution in [0.3, 0.4) is 0 Å². The molecular formula is C22H22Cl2N2. The molecule has 1 aliphatic rings. The maximum Gasteiger partial charge on any atom is 0.205 e. The van der Waals surface area contributed by atoms with Gasteiger partial charge in [-0.25, -0.2) is 4.98 Å². The van der Waals surface area contributed by atoms with Gasteiger partial charge in [0.15, 0.2) is 0 Å². The molecule has 0 radical (unpaired) electrons. The van der Waals surface area contributed by atoms with E-state index in [0.29, 0.717) is 16.4 Å². The van der Waals surface area contributed by atoms with Gasteiger partial charge in [0.2, 0.25) is 5.28 Å². The zero-order valence-electron chi connectivity index (χ0n) is 14.8. The Labute approximate surface area is 164 Å². The molecule has 1 aromatic heterocycles. The summed E-state index contributed by atoms with van der Waals surface area (Å²) in [4.78, 5) is 4.19. The number of benzene rings is 2. The second kappa shape index (κ2) is 7.46. The minimum Gasteiger partial charge on any atom is -0.309 e. The number of aromatic nitrogens is 2. The van der Waals surface area contributed by atoms with Crippen molar-refractivity contribution >= 4 is 23.2 Å². The van der Waals surface area contributed by atoms with Gasteiger partial charge < -0.3 is 4.57 Å². The minimum absolute atomic E-state index is 0.0404. The average Bonchev–Trinajstić information content (AvgIpc) is 3.28. The van der Waals surface area contributed by atoms with Gasteiger partial charge in [0, 0.05) is 6.20 Å². The molecule has 0 saturated heterocycles. The Bertz CT molecular complexity index is 896. The highest BCUT2D eigenvalue weighted by Gasteiger charge is 2.23. The molecule has 2 aromatic carbocycles. The van der Waals surface area contributed by atoms with E-state index < -0.39 is 0 Å². The first-order valence-electron chi connectivity index (χ1n) is 9.19. The van der Waals surface area contributed by atoms with Gasteiger partial charge >= 0.3 is 0 Å². The Morgan fingerprint density at radius 2 is 1.77 bits per heavy atom. The molecule has 1 fully saturated rings. The summed E-state index contributed by atoms with van der Waals surface area (Å²) in [6.07, 6.45) is 7.13. The second-order valence-electron chi connectivity index (χ2n) is 7.15. The van der Waals surface area contributed by atoms with Crippen molar-refractivity contribution < 1.29 is 0 Å². The molecule has 4 rings (SSSR count). The van der Waals surface area contributed by atoms with E-state index in [2.05, 4.69) is 54.4 Å². The molecule has 0 aliphatic heterocycles. The SMILES string of the molecule is Cc1cc(C2CCCC2)ccc1C(c1ccccc1)n1cc(Cl)nc1Cl. The third kappa shape index (κ3) is 3.41. The van der Waals surface area contributed by atoms with Crippen molar-refractivity contribution in [1.29, 1.82) is 0 Å². The molecule has 3 aromatic rings. The number of hydrogen-bond donors (Lipinski definition) is 0. The first-order valence-corrected chi connectivity index (χ1v) is 9.94. The topological polar surface area (TPSA) is 17.8 Å². The second-order valence-corrected chi connectivity index (χ2v) is 7.88. The van der Waals surface area contributed by atoms with E-state index in [-0.39, 0.29) is 6.04 Å². The molecule has 4 heteroatoms. The molecule has 1 saturated carbocycles. The monoisotopic (exact) mass is 384 g/mol. The molecule has 1 heterocycles.